The van der Waals surface area contributed by atoms with Crippen LogP contribution in [0.4, 0.5) is 0 Å². The lowest BCUT2D eigenvalue weighted by molar-refractivity contribution is -0.150. The number of aryl methyl sites for hydroxylation is 4. The summed E-state index contributed by atoms with van der Waals surface area (Å²) in [4.78, 5) is 28.0. The van der Waals surface area contributed by atoms with Gasteiger partial charge in [0.1, 0.15) is 0 Å². The Labute approximate surface area is 209 Å². The molecule has 2 aliphatic rings. The van der Waals surface area contributed by atoms with Crippen LogP contribution in [0.5, 0.6) is 0 Å². The van der Waals surface area contributed by atoms with Gasteiger partial charge < -0.3 is 4.74 Å². The third-order valence-electron chi connectivity index (χ3n) is 7.28. The van der Waals surface area contributed by atoms with Gasteiger partial charge in [-0.25, -0.2) is 5.01 Å². The summed E-state index contributed by atoms with van der Waals surface area (Å²) in [6.07, 6.45) is 2.38. The maximum absolute atomic E-state index is 13.7. The van der Waals surface area contributed by atoms with E-state index in [2.05, 4.69) is 69.0 Å². The predicted molar refractivity (Wildman–Crippen MR) is 138 cm³/mol. The van der Waals surface area contributed by atoms with Gasteiger partial charge in [0.25, 0.3) is 5.91 Å². The largest absolute Gasteiger partial charge is 0.466 e. The summed E-state index contributed by atoms with van der Waals surface area (Å²) < 4.78 is 5.23. The number of amides is 1. The van der Waals surface area contributed by atoms with E-state index in [4.69, 9.17) is 9.84 Å². The minimum absolute atomic E-state index is 0.0285. The van der Waals surface area contributed by atoms with Gasteiger partial charge >= 0.3 is 5.97 Å². The number of hydrazone groups is 1. The number of carbonyl (C=O) groups is 2. The molecule has 1 fully saturated rings. The van der Waals surface area contributed by atoms with Crippen molar-refractivity contribution in [2.75, 3.05) is 26.2 Å². The molecule has 2 heterocycles. The highest BCUT2D eigenvalue weighted by Gasteiger charge is 2.36. The number of rotatable bonds is 6. The Balaban J connectivity index is 1.59. The fraction of sp³-hybridized carbons (Fsp3) is 0.483. The molecule has 1 saturated heterocycles. The van der Waals surface area contributed by atoms with Crippen LogP contribution < -0.4 is 0 Å². The van der Waals surface area contributed by atoms with E-state index in [-0.39, 0.29) is 30.4 Å². The van der Waals surface area contributed by atoms with Crippen molar-refractivity contribution in [3.8, 4) is 0 Å². The molecule has 6 heteroatoms. The van der Waals surface area contributed by atoms with E-state index in [1.165, 1.54) is 16.7 Å². The quantitative estimate of drug-likeness (QED) is 0.559. The highest BCUT2D eigenvalue weighted by Crippen LogP contribution is 2.35. The maximum Gasteiger partial charge on any atom is 0.310 e. The molecule has 186 valence electrons. The first-order valence-corrected chi connectivity index (χ1v) is 12.7. The van der Waals surface area contributed by atoms with Crippen molar-refractivity contribution in [2.24, 2.45) is 11.0 Å². The third-order valence-corrected chi connectivity index (χ3v) is 7.28. The molecular weight excluding hydrogens is 438 g/mol. The zero-order chi connectivity index (χ0) is 25.1. The molecule has 0 N–H and O–H groups in total. The topological polar surface area (TPSA) is 62.2 Å². The Bertz CT molecular complexity index is 1140. The Morgan fingerprint density at radius 1 is 1.03 bits per heavy atom. The maximum atomic E-state index is 13.7. The molecule has 2 atom stereocenters. The average Bonchev–Trinajstić information content (AvgIpc) is 3.28. The van der Waals surface area contributed by atoms with Crippen molar-refractivity contribution >= 4 is 17.6 Å². The fourth-order valence-electron chi connectivity index (χ4n) is 5.11. The molecule has 35 heavy (non-hydrogen) atoms. The monoisotopic (exact) mass is 475 g/mol. The van der Waals surface area contributed by atoms with Crippen LogP contribution in [0.15, 0.2) is 41.5 Å². The molecule has 0 unspecified atom stereocenters. The molecule has 2 aliphatic heterocycles. The first-order chi connectivity index (χ1) is 16.8. The zero-order valence-electron chi connectivity index (χ0n) is 21.6. The average molecular weight is 476 g/mol. The van der Waals surface area contributed by atoms with Crippen LogP contribution in [0.3, 0.4) is 0 Å². The summed E-state index contributed by atoms with van der Waals surface area (Å²) >= 11 is 0. The minimum atomic E-state index is -0.167. The lowest BCUT2D eigenvalue weighted by atomic mass is 9.93. The van der Waals surface area contributed by atoms with Gasteiger partial charge in [-0.1, -0.05) is 35.9 Å². The number of hydrogen-bond acceptors (Lipinski definition) is 5. The molecule has 1 amide bonds. The van der Waals surface area contributed by atoms with Crippen molar-refractivity contribution in [3.05, 3.63) is 69.8 Å². The Morgan fingerprint density at radius 2 is 1.80 bits per heavy atom. The summed E-state index contributed by atoms with van der Waals surface area (Å²) in [5.41, 5.74) is 7.95. The van der Waals surface area contributed by atoms with Crippen molar-refractivity contribution in [1.29, 1.82) is 0 Å². The Kier molecular flexibility index (Phi) is 7.70. The summed E-state index contributed by atoms with van der Waals surface area (Å²) in [6, 6.07) is 12.7. The number of benzene rings is 2. The number of piperidine rings is 1. The molecule has 0 aromatic heterocycles. The van der Waals surface area contributed by atoms with Crippen LogP contribution in [-0.4, -0.2) is 53.7 Å². The first-order valence-electron chi connectivity index (χ1n) is 12.7. The molecule has 0 saturated carbocycles. The molecule has 2 aromatic rings. The standard InChI is InChI=1S/C29H37N3O3/c1-6-35-29(34)24-8-7-13-31(17-24)18-28(33)32-27(25-14-19(2)9-10-21(25)4)16-26(30-32)23-12-11-20(3)22(5)15-23/h9-12,14-15,24,27H,6-8,13,16-18H2,1-5H3/t24-,27+/m1/s1. The van der Waals surface area contributed by atoms with Gasteiger partial charge in [0.15, 0.2) is 0 Å². The van der Waals surface area contributed by atoms with Gasteiger partial charge in [-0.3, -0.25) is 14.5 Å². The summed E-state index contributed by atoms with van der Waals surface area (Å²) in [5.74, 6) is -0.354. The summed E-state index contributed by atoms with van der Waals surface area (Å²) in [6.45, 7) is 12.2. The molecule has 0 bridgehead atoms. The number of hydrogen-bond donors (Lipinski definition) is 0. The molecule has 2 aromatic carbocycles. The van der Waals surface area contributed by atoms with E-state index in [9.17, 15) is 9.59 Å². The zero-order valence-corrected chi connectivity index (χ0v) is 21.6. The van der Waals surface area contributed by atoms with Gasteiger partial charge in [-0.2, -0.15) is 5.10 Å². The Hall–Kier alpha value is -2.99. The van der Waals surface area contributed by atoms with Crippen molar-refractivity contribution in [1.82, 2.24) is 9.91 Å². The highest BCUT2D eigenvalue weighted by atomic mass is 16.5. The molecule has 0 radical (unpaired) electrons. The number of likely N-dealkylation sites (tertiary alicyclic amines) is 1. The van der Waals surface area contributed by atoms with Crippen molar-refractivity contribution in [2.45, 2.75) is 59.9 Å². The highest BCUT2D eigenvalue weighted by molar-refractivity contribution is 6.03. The third kappa shape index (κ3) is 5.64. The van der Waals surface area contributed by atoms with Crippen LogP contribution >= 0.6 is 0 Å². The van der Waals surface area contributed by atoms with E-state index in [0.717, 1.165) is 41.8 Å². The lowest BCUT2D eigenvalue weighted by Gasteiger charge is -2.32. The second-order valence-electron chi connectivity index (χ2n) is 9.99. The Morgan fingerprint density at radius 3 is 2.54 bits per heavy atom. The fourth-order valence-corrected chi connectivity index (χ4v) is 5.11. The van der Waals surface area contributed by atoms with Gasteiger partial charge in [0.2, 0.25) is 0 Å². The number of esters is 1. The first kappa shape index (κ1) is 25.1. The predicted octanol–water partition coefficient (Wildman–Crippen LogP) is 4.87. The minimum Gasteiger partial charge on any atom is -0.466 e. The summed E-state index contributed by atoms with van der Waals surface area (Å²) in [7, 11) is 0. The van der Waals surface area contributed by atoms with E-state index >= 15 is 0 Å². The van der Waals surface area contributed by atoms with E-state index < -0.39 is 0 Å². The normalized spacial score (nSPS) is 20.6. The molecule has 4 rings (SSSR count). The van der Waals surface area contributed by atoms with E-state index in [1.807, 2.05) is 6.92 Å². The van der Waals surface area contributed by atoms with Crippen molar-refractivity contribution in [3.63, 3.8) is 0 Å². The van der Waals surface area contributed by atoms with E-state index in [0.29, 0.717) is 19.6 Å². The van der Waals surface area contributed by atoms with Crippen LogP contribution in [0, 0.1) is 33.6 Å². The number of ether oxygens (including phenoxy) is 1. The smallest absolute Gasteiger partial charge is 0.310 e. The molecule has 6 nitrogen and oxygen atoms in total. The molecule has 0 aliphatic carbocycles. The van der Waals surface area contributed by atoms with Gasteiger partial charge in [-0.15, -0.1) is 0 Å². The van der Waals surface area contributed by atoms with Gasteiger partial charge in [-0.05, 0) is 87.9 Å². The second-order valence-corrected chi connectivity index (χ2v) is 9.99. The van der Waals surface area contributed by atoms with Crippen LogP contribution in [-0.2, 0) is 14.3 Å². The lowest BCUT2D eigenvalue weighted by Crippen LogP contribution is -2.44. The number of nitrogens with zero attached hydrogens (tertiary/aromatic N) is 3. The van der Waals surface area contributed by atoms with Crippen LogP contribution in [0.1, 0.15) is 65.6 Å². The van der Waals surface area contributed by atoms with Gasteiger partial charge in [0.05, 0.1) is 30.8 Å². The van der Waals surface area contributed by atoms with Crippen LogP contribution in [0.25, 0.3) is 0 Å². The van der Waals surface area contributed by atoms with Crippen molar-refractivity contribution < 1.29 is 14.3 Å². The molecule has 0 spiro atoms. The van der Waals surface area contributed by atoms with Gasteiger partial charge in [0, 0.05) is 13.0 Å². The number of carbonyl (C=O) groups excluding carboxylic acids is 2. The second kappa shape index (κ2) is 10.7. The SMILES string of the molecule is CCOC(=O)[C@@H]1CCCN(CC(=O)N2N=C(c3ccc(C)c(C)c3)C[C@H]2c2cc(C)ccc2C)C1. The molecular formula is C29H37N3O3. The van der Waals surface area contributed by atoms with Crippen LogP contribution in [0.2, 0.25) is 0 Å². The summed E-state index contributed by atoms with van der Waals surface area (Å²) in [5, 5.41) is 6.58. The van der Waals surface area contributed by atoms with E-state index in [1.54, 1.807) is 5.01 Å².